The van der Waals surface area contributed by atoms with Crippen LogP contribution in [0.4, 0.5) is 5.69 Å². The molecule has 1 aliphatic carbocycles. The topological polar surface area (TPSA) is 47.6 Å². The molecule has 1 aliphatic rings. The first kappa shape index (κ1) is 22.2. The van der Waals surface area contributed by atoms with Crippen LogP contribution in [-0.4, -0.2) is 19.2 Å². The molecule has 162 valence electrons. The summed E-state index contributed by atoms with van der Waals surface area (Å²) in [7, 11) is 1.66. The third kappa shape index (κ3) is 5.16. The summed E-state index contributed by atoms with van der Waals surface area (Å²) in [5, 5.41) is 3.65. The van der Waals surface area contributed by atoms with Crippen LogP contribution in [0.1, 0.15) is 64.4 Å². The Morgan fingerprint density at radius 2 is 1.53 bits per heavy atom. The minimum Gasteiger partial charge on any atom is -0.497 e. The maximum atomic E-state index is 13.8. The van der Waals surface area contributed by atoms with Gasteiger partial charge < -0.3 is 14.8 Å². The number of anilines is 1. The number of ether oxygens (including phenoxy) is 2. The van der Waals surface area contributed by atoms with Crippen LogP contribution in [0.15, 0.2) is 54.6 Å². The Labute approximate surface area is 181 Å². The van der Waals surface area contributed by atoms with Gasteiger partial charge in [-0.1, -0.05) is 62.4 Å². The van der Waals surface area contributed by atoms with Crippen molar-refractivity contribution < 1.29 is 14.3 Å². The second-order valence-corrected chi connectivity index (χ2v) is 8.52. The minimum absolute atomic E-state index is 0.161. The largest absolute Gasteiger partial charge is 0.497 e. The standard InChI is InChI=1S/C26H35NO3/c1-20(2)30-25(28)26(22-14-10-7-11-15-22,21-12-8-5-4-6-9-13-21)27-23-16-18-24(29-3)19-17-23/h7,10-11,14-21,27H,4-6,8-9,12-13H2,1-3H3/t26-/m0/s1. The van der Waals surface area contributed by atoms with Gasteiger partial charge in [0.15, 0.2) is 5.54 Å². The second-order valence-electron chi connectivity index (χ2n) is 8.52. The number of hydrogen-bond donors (Lipinski definition) is 1. The van der Waals surface area contributed by atoms with Gasteiger partial charge in [0.1, 0.15) is 5.75 Å². The van der Waals surface area contributed by atoms with Gasteiger partial charge >= 0.3 is 5.97 Å². The van der Waals surface area contributed by atoms with Gasteiger partial charge in [0, 0.05) is 5.69 Å². The van der Waals surface area contributed by atoms with Gasteiger partial charge in [0.05, 0.1) is 13.2 Å². The summed E-state index contributed by atoms with van der Waals surface area (Å²) in [6.45, 7) is 3.83. The summed E-state index contributed by atoms with van der Waals surface area (Å²) in [5.41, 5.74) is 0.941. The van der Waals surface area contributed by atoms with Gasteiger partial charge in [-0.2, -0.15) is 0 Å². The molecule has 30 heavy (non-hydrogen) atoms. The number of benzene rings is 2. The molecule has 4 nitrogen and oxygen atoms in total. The molecule has 0 heterocycles. The van der Waals surface area contributed by atoms with Crippen LogP contribution >= 0.6 is 0 Å². The maximum Gasteiger partial charge on any atom is 0.337 e. The summed E-state index contributed by atoms with van der Waals surface area (Å²) >= 11 is 0. The zero-order chi connectivity index (χ0) is 21.4. The lowest BCUT2D eigenvalue weighted by molar-refractivity contribution is -0.156. The van der Waals surface area contributed by atoms with Gasteiger partial charge in [-0.3, -0.25) is 0 Å². The fourth-order valence-electron chi connectivity index (χ4n) is 4.54. The Morgan fingerprint density at radius 1 is 0.933 bits per heavy atom. The van der Waals surface area contributed by atoms with Crippen LogP contribution in [0.25, 0.3) is 0 Å². The van der Waals surface area contributed by atoms with Gasteiger partial charge in [0.25, 0.3) is 0 Å². The quantitative estimate of drug-likeness (QED) is 0.544. The summed E-state index contributed by atoms with van der Waals surface area (Å²) in [6, 6.07) is 17.9. The van der Waals surface area contributed by atoms with Crippen molar-refractivity contribution in [2.75, 3.05) is 12.4 Å². The molecule has 1 N–H and O–H groups in total. The number of rotatable bonds is 7. The lowest BCUT2D eigenvalue weighted by atomic mass is 9.72. The number of nitrogens with one attached hydrogen (secondary N) is 1. The Balaban J connectivity index is 2.09. The van der Waals surface area contributed by atoms with Gasteiger partial charge in [-0.25, -0.2) is 4.79 Å². The van der Waals surface area contributed by atoms with Gasteiger partial charge in [-0.05, 0) is 62.4 Å². The molecule has 0 spiro atoms. The molecule has 2 aromatic rings. The van der Waals surface area contributed by atoms with Crippen LogP contribution in [0.3, 0.4) is 0 Å². The molecule has 0 unspecified atom stereocenters. The third-order valence-corrected chi connectivity index (χ3v) is 6.04. The molecular weight excluding hydrogens is 374 g/mol. The van der Waals surface area contributed by atoms with Crippen LogP contribution in [-0.2, 0) is 15.1 Å². The van der Waals surface area contributed by atoms with E-state index in [1.807, 2.05) is 56.3 Å². The van der Waals surface area contributed by atoms with Crippen LogP contribution in [0.2, 0.25) is 0 Å². The van der Waals surface area contributed by atoms with Crippen molar-refractivity contribution >= 4 is 11.7 Å². The fraction of sp³-hybridized carbons (Fsp3) is 0.500. The highest BCUT2D eigenvalue weighted by Crippen LogP contribution is 2.42. The van der Waals surface area contributed by atoms with Crippen molar-refractivity contribution in [3.8, 4) is 5.75 Å². The minimum atomic E-state index is -0.919. The first-order chi connectivity index (χ1) is 14.6. The number of carbonyl (C=O) groups excluding carboxylic acids is 1. The Bertz CT molecular complexity index is 780. The molecule has 0 amide bonds. The molecule has 0 bridgehead atoms. The van der Waals surface area contributed by atoms with Gasteiger partial charge in [0.2, 0.25) is 0 Å². The van der Waals surface area contributed by atoms with Crippen LogP contribution < -0.4 is 10.1 Å². The third-order valence-electron chi connectivity index (χ3n) is 6.04. The van der Waals surface area contributed by atoms with E-state index in [1.165, 1.54) is 19.3 Å². The summed E-state index contributed by atoms with van der Waals surface area (Å²) in [6.07, 6.45) is 7.85. The highest BCUT2D eigenvalue weighted by molar-refractivity contribution is 5.87. The fourth-order valence-corrected chi connectivity index (χ4v) is 4.54. The normalized spacial score (nSPS) is 17.5. The predicted molar refractivity (Wildman–Crippen MR) is 122 cm³/mol. The first-order valence-corrected chi connectivity index (χ1v) is 11.2. The van der Waals surface area contributed by atoms with E-state index < -0.39 is 5.54 Å². The number of methoxy groups -OCH3 is 1. The molecule has 3 rings (SSSR count). The zero-order valence-corrected chi connectivity index (χ0v) is 18.5. The molecule has 0 saturated heterocycles. The van der Waals surface area contributed by atoms with Crippen molar-refractivity contribution in [2.45, 2.75) is 70.4 Å². The SMILES string of the molecule is COc1ccc(N[C@](C(=O)OC(C)C)(c2ccccc2)C2CCCCCCC2)cc1. The van der Waals surface area contributed by atoms with Crippen molar-refractivity contribution in [1.82, 2.24) is 0 Å². The maximum absolute atomic E-state index is 13.8. The molecule has 4 heteroatoms. The Hall–Kier alpha value is -2.49. The van der Waals surface area contributed by atoms with E-state index in [-0.39, 0.29) is 18.0 Å². The average Bonchev–Trinajstić information content (AvgIpc) is 2.73. The summed E-state index contributed by atoms with van der Waals surface area (Å²) < 4.78 is 11.2. The molecular formula is C26H35NO3. The molecule has 0 radical (unpaired) electrons. The van der Waals surface area contributed by atoms with E-state index in [9.17, 15) is 4.79 Å². The van der Waals surface area contributed by atoms with E-state index in [0.717, 1.165) is 42.7 Å². The number of esters is 1. The highest BCUT2D eigenvalue weighted by atomic mass is 16.5. The average molecular weight is 410 g/mol. The van der Waals surface area contributed by atoms with Gasteiger partial charge in [-0.15, -0.1) is 0 Å². The van der Waals surface area contributed by atoms with Crippen molar-refractivity contribution in [3.05, 3.63) is 60.2 Å². The second kappa shape index (κ2) is 10.5. The molecule has 1 fully saturated rings. The molecule has 2 aromatic carbocycles. The lowest BCUT2D eigenvalue weighted by Crippen LogP contribution is -2.51. The monoisotopic (exact) mass is 409 g/mol. The van der Waals surface area contributed by atoms with E-state index >= 15 is 0 Å². The van der Waals surface area contributed by atoms with Crippen molar-refractivity contribution in [1.29, 1.82) is 0 Å². The Morgan fingerprint density at radius 3 is 2.10 bits per heavy atom. The van der Waals surface area contributed by atoms with E-state index in [1.54, 1.807) is 7.11 Å². The first-order valence-electron chi connectivity index (χ1n) is 11.2. The number of carbonyl (C=O) groups is 1. The van der Waals surface area contributed by atoms with E-state index in [2.05, 4.69) is 17.4 Å². The Kier molecular flexibility index (Phi) is 7.78. The molecule has 1 saturated carbocycles. The van der Waals surface area contributed by atoms with E-state index in [4.69, 9.17) is 9.47 Å². The molecule has 0 aliphatic heterocycles. The lowest BCUT2D eigenvalue weighted by Gasteiger charge is -2.42. The van der Waals surface area contributed by atoms with Crippen molar-refractivity contribution in [3.63, 3.8) is 0 Å². The predicted octanol–water partition coefficient (Wildman–Crippen LogP) is 6.31. The van der Waals surface area contributed by atoms with Crippen molar-refractivity contribution in [2.24, 2.45) is 5.92 Å². The number of hydrogen-bond acceptors (Lipinski definition) is 4. The zero-order valence-electron chi connectivity index (χ0n) is 18.5. The van der Waals surface area contributed by atoms with Crippen LogP contribution in [0.5, 0.6) is 5.75 Å². The van der Waals surface area contributed by atoms with E-state index in [0.29, 0.717) is 0 Å². The molecule has 1 atom stereocenters. The highest BCUT2D eigenvalue weighted by Gasteiger charge is 2.48. The molecule has 0 aromatic heterocycles. The summed E-state index contributed by atoms with van der Waals surface area (Å²) in [5.74, 6) is 0.764. The van der Waals surface area contributed by atoms with Crippen LogP contribution in [0, 0.1) is 5.92 Å². The summed E-state index contributed by atoms with van der Waals surface area (Å²) in [4.78, 5) is 13.8. The smallest absolute Gasteiger partial charge is 0.337 e.